The third-order valence-electron chi connectivity index (χ3n) is 18.7. The van der Waals surface area contributed by atoms with E-state index >= 15 is 0 Å². The van der Waals surface area contributed by atoms with Crippen molar-refractivity contribution in [2.75, 3.05) is 38.9 Å². The fourth-order valence-corrected chi connectivity index (χ4v) is 13.1. The number of aromatic carboxylic acids is 2. The third-order valence-corrected chi connectivity index (χ3v) is 20.0. The van der Waals surface area contributed by atoms with Crippen molar-refractivity contribution in [2.24, 2.45) is 0 Å². The van der Waals surface area contributed by atoms with Gasteiger partial charge in [0.2, 0.25) is 23.8 Å². The third kappa shape index (κ3) is 31.4. The first kappa shape index (κ1) is 102. The minimum absolute atomic E-state index is 0.142. The Morgan fingerprint density at radius 3 is 0.800 bits per heavy atom. The molecule has 14 aromatic rings. The molecule has 0 radical (unpaired) electrons. The van der Waals surface area contributed by atoms with E-state index in [0.29, 0.717) is 124 Å². The fourth-order valence-electron chi connectivity index (χ4n) is 12.1. The number of nitrogens with one attached hydrogen (secondary N) is 5. The van der Waals surface area contributed by atoms with Crippen LogP contribution in [0.4, 0.5) is 111 Å². The molecule has 135 heavy (non-hydrogen) atoms. The van der Waals surface area contributed by atoms with Gasteiger partial charge in [-0.05, 0) is 251 Å². The number of rotatable bonds is 26. The standard InChI is InChI=1S/C27H23F3N4O2S.C21H18F3N3O3S.2C19H14F3N3O3S.C8H11N/c1-16-4-3-5-17(2)23(16)33-25(35)19-6-10-21(11-7-19)32-26-31-14-20(15-37)24(34-26)18-8-12-22(13-9-18)36-27(28,29)30;1-2-29-19(28)14-3-7-16(8-4-14)26-20-25-11-15(12-31)18(27-20)13-5-9-17(10-6-13)30-21(22,23)24;2*20-19(21,22)28-15-7-3-11(4-8-15)16-13(10-29)9-23-18(25-16)24-14-5-1-12(2-6-14)17(26)27;1-6-4-3-5-7(2)8(6)9/h3-14,37H,15H2,1-2H3,(H,33,35)(H,31,32,34);3-11,31H,2,12H2,1H3,(H,25,26,27);2*1-9,29H,10H2,(H,26,27)(H,23,24,25);3-5H,9H2,1-2H3. The van der Waals surface area contributed by atoms with Gasteiger partial charge in [-0.3, -0.25) is 4.79 Å². The van der Waals surface area contributed by atoms with Gasteiger partial charge in [-0.2, -0.15) is 50.5 Å². The van der Waals surface area contributed by atoms with Crippen LogP contribution in [0.15, 0.2) is 255 Å². The van der Waals surface area contributed by atoms with Crippen LogP contribution in [0.3, 0.4) is 0 Å². The number of carboxylic acid groups (broad SMARTS) is 2. The molecular formula is C94H80F12N14O11S4. The Bertz CT molecular complexity index is 6180. The molecular weight excluding hydrogens is 1860 g/mol. The van der Waals surface area contributed by atoms with Crippen LogP contribution in [0, 0.1) is 27.7 Å². The van der Waals surface area contributed by atoms with E-state index in [9.17, 15) is 71.9 Å². The highest BCUT2D eigenvalue weighted by molar-refractivity contribution is 7.79. The van der Waals surface area contributed by atoms with Gasteiger partial charge in [-0.25, -0.2) is 54.3 Å². The number of benzene rings is 10. The molecule has 9 N–H and O–H groups in total. The van der Waals surface area contributed by atoms with Crippen molar-refractivity contribution < 1.29 is 106 Å². The maximum atomic E-state index is 12.7. The Balaban J connectivity index is 0.000000181. The average molecular weight is 1940 g/mol. The van der Waals surface area contributed by atoms with Crippen LogP contribution in [0.5, 0.6) is 23.0 Å². The molecule has 10 aromatic carbocycles. The van der Waals surface area contributed by atoms with Crippen molar-refractivity contribution in [3.8, 4) is 68.0 Å². The number of hydrogen-bond donors (Lipinski definition) is 12. The van der Waals surface area contributed by atoms with Crippen LogP contribution in [0.25, 0.3) is 45.0 Å². The molecule has 0 aliphatic carbocycles. The normalized spacial score (nSPS) is 11.1. The summed E-state index contributed by atoms with van der Waals surface area (Å²) in [6, 6.07) is 58.8. The number of esters is 1. The molecule has 0 atom stereocenters. The number of nitrogen functional groups attached to an aromatic ring is 1. The van der Waals surface area contributed by atoms with E-state index in [1.807, 2.05) is 64.1 Å². The number of aryl methyl sites for hydroxylation is 4. The van der Waals surface area contributed by atoms with Gasteiger partial charge in [0.05, 0.1) is 46.1 Å². The lowest BCUT2D eigenvalue weighted by atomic mass is 10.1. The van der Waals surface area contributed by atoms with Crippen LogP contribution in [-0.2, 0) is 27.7 Å². The van der Waals surface area contributed by atoms with Gasteiger partial charge in [-0.15, -0.1) is 52.7 Å². The Morgan fingerprint density at radius 2 is 0.578 bits per heavy atom. The zero-order chi connectivity index (χ0) is 97.9. The molecule has 4 aromatic heterocycles. The topological polar surface area (TPSA) is 344 Å². The molecule has 4 heterocycles. The predicted molar refractivity (Wildman–Crippen MR) is 500 cm³/mol. The highest BCUT2D eigenvalue weighted by Gasteiger charge is 2.34. The van der Waals surface area contributed by atoms with Gasteiger partial charge in [0, 0.05) is 132 Å². The first-order valence-electron chi connectivity index (χ1n) is 39.8. The number of nitrogens with zero attached hydrogens (tertiary/aromatic N) is 8. The van der Waals surface area contributed by atoms with Crippen molar-refractivity contribution in [2.45, 2.75) is 83.1 Å². The van der Waals surface area contributed by atoms with E-state index in [-0.39, 0.29) is 70.4 Å². The molecule has 25 nitrogen and oxygen atoms in total. The number of alkyl halides is 12. The zero-order valence-corrected chi connectivity index (χ0v) is 74.9. The number of halogens is 12. The van der Waals surface area contributed by atoms with E-state index < -0.39 is 43.4 Å². The summed E-state index contributed by atoms with van der Waals surface area (Å²) < 4.78 is 169. The van der Waals surface area contributed by atoms with Gasteiger partial charge < -0.3 is 66.2 Å². The fraction of sp³-hybridized carbons (Fsp3) is 0.149. The summed E-state index contributed by atoms with van der Waals surface area (Å²) in [6.45, 7) is 9.93. The summed E-state index contributed by atoms with van der Waals surface area (Å²) in [4.78, 5) is 81.1. The molecule has 0 aliphatic heterocycles. The van der Waals surface area contributed by atoms with E-state index in [1.165, 1.54) is 121 Å². The van der Waals surface area contributed by atoms with E-state index in [0.717, 1.165) is 33.6 Å². The Kier molecular flexibility index (Phi) is 35.6. The highest BCUT2D eigenvalue weighted by Crippen LogP contribution is 2.36. The number of hydrogen-bond acceptors (Lipinski definition) is 26. The van der Waals surface area contributed by atoms with Crippen LogP contribution in [-0.4, -0.2) is 106 Å². The van der Waals surface area contributed by atoms with E-state index in [4.69, 9.17) is 20.7 Å². The first-order chi connectivity index (χ1) is 64.1. The second-order valence-corrected chi connectivity index (χ2v) is 29.6. The van der Waals surface area contributed by atoms with Crippen LogP contribution in [0.1, 0.15) is 92.9 Å². The Morgan fingerprint density at radius 1 is 0.341 bits per heavy atom. The number of carbonyl (C=O) groups excluding carboxylic acids is 2. The molecule has 0 saturated heterocycles. The Hall–Kier alpha value is -14.8. The maximum Gasteiger partial charge on any atom is 0.573 e. The number of nitrogens with two attached hydrogens (primary N) is 1. The van der Waals surface area contributed by atoms with Gasteiger partial charge in [0.1, 0.15) is 23.0 Å². The Labute approximate surface area is 785 Å². The smallest absolute Gasteiger partial charge is 0.478 e. The highest BCUT2D eigenvalue weighted by atomic mass is 32.1. The summed E-state index contributed by atoms with van der Waals surface area (Å²) in [7, 11) is 0. The lowest BCUT2D eigenvalue weighted by molar-refractivity contribution is -0.275. The van der Waals surface area contributed by atoms with Gasteiger partial charge in [-0.1, -0.05) is 36.4 Å². The number of carbonyl (C=O) groups is 4. The lowest BCUT2D eigenvalue weighted by Crippen LogP contribution is -2.17. The largest absolute Gasteiger partial charge is 0.573 e. The average Bonchev–Trinajstić information content (AvgIpc) is 0.822. The minimum Gasteiger partial charge on any atom is -0.478 e. The lowest BCUT2D eigenvalue weighted by Gasteiger charge is -2.13. The quantitative estimate of drug-likeness (QED) is 0.0104. The first-order valence-corrected chi connectivity index (χ1v) is 42.3. The summed E-state index contributed by atoms with van der Waals surface area (Å²) in [6.07, 6.45) is -12.7. The van der Waals surface area contributed by atoms with Crippen molar-refractivity contribution in [3.05, 3.63) is 322 Å². The molecule has 0 aliphatic rings. The molecule has 14 rings (SSSR count). The monoisotopic (exact) mass is 1940 g/mol. The number of para-hydroxylation sites is 2. The zero-order valence-electron chi connectivity index (χ0n) is 71.3. The number of carboxylic acids is 2. The molecule has 700 valence electrons. The van der Waals surface area contributed by atoms with E-state index in [1.54, 1.807) is 105 Å². The van der Waals surface area contributed by atoms with Crippen LogP contribution in [0.2, 0.25) is 0 Å². The van der Waals surface area contributed by atoms with Crippen LogP contribution >= 0.6 is 50.5 Å². The second kappa shape index (κ2) is 47.0. The predicted octanol–water partition coefficient (Wildman–Crippen LogP) is 24.2. The number of ether oxygens (including phenoxy) is 5. The summed E-state index contributed by atoms with van der Waals surface area (Å²) in [5.74, 6) is -1.66. The van der Waals surface area contributed by atoms with Gasteiger partial charge >= 0.3 is 43.4 Å². The van der Waals surface area contributed by atoms with Crippen molar-refractivity contribution in [3.63, 3.8) is 0 Å². The molecule has 0 unspecified atom stereocenters. The van der Waals surface area contributed by atoms with Crippen LogP contribution < -0.4 is 51.3 Å². The van der Waals surface area contributed by atoms with E-state index in [2.05, 4.69) is 136 Å². The number of amides is 1. The van der Waals surface area contributed by atoms with Crippen molar-refractivity contribution in [1.29, 1.82) is 0 Å². The summed E-state index contributed by atoms with van der Waals surface area (Å²) in [5.41, 5.74) is 22.4. The van der Waals surface area contributed by atoms with Crippen molar-refractivity contribution in [1.82, 2.24) is 39.9 Å². The molecule has 1 amide bonds. The second-order valence-electron chi connectivity index (χ2n) is 28.4. The molecule has 0 fully saturated rings. The number of anilines is 10. The maximum absolute atomic E-state index is 12.7. The number of aromatic nitrogens is 8. The SMILES string of the molecule is CCOC(=O)c1ccc(Nc2ncc(CS)c(-c3ccc(OC(F)(F)F)cc3)n2)cc1.Cc1cccc(C)c1N.Cc1cccc(C)c1NC(=O)c1ccc(Nc2ncc(CS)c(-c3ccc(OC(F)(F)F)cc3)n2)cc1.O=C(O)c1ccc(Nc2ncc(CS)c(-c3ccc(OC(F)(F)F)cc3)n2)cc1.O=C(O)c1ccc(Nc2ncc(CS)c(-c3ccc(OC(F)(F)F)cc3)n2)cc1. The minimum atomic E-state index is -4.76. The molecule has 41 heteroatoms. The van der Waals surface area contributed by atoms with Gasteiger partial charge in [0.25, 0.3) is 5.91 Å². The number of thiol groups is 4. The summed E-state index contributed by atoms with van der Waals surface area (Å²) >= 11 is 17.1. The van der Waals surface area contributed by atoms with Crippen molar-refractivity contribution >= 4 is 132 Å². The molecule has 0 saturated carbocycles. The molecule has 0 spiro atoms. The van der Waals surface area contributed by atoms with Gasteiger partial charge in [0.15, 0.2) is 0 Å². The summed E-state index contributed by atoms with van der Waals surface area (Å²) in [5, 5.41) is 32.9. The molecule has 0 bridgehead atoms.